The molecule has 0 radical (unpaired) electrons. The lowest BCUT2D eigenvalue weighted by Gasteiger charge is -2.20. The number of ketones is 1. The maximum Gasteiger partial charge on any atom is 0.159 e. The van der Waals surface area contributed by atoms with E-state index in [1.54, 1.807) is 6.92 Å². The van der Waals surface area contributed by atoms with Gasteiger partial charge in [-0.2, -0.15) is 0 Å². The Kier molecular flexibility index (Phi) is 6.63. The zero-order valence-corrected chi connectivity index (χ0v) is 11.0. The fourth-order valence-corrected chi connectivity index (χ4v) is 1.46. The number of rotatable bonds is 4. The fraction of sp³-hybridized carbons (Fsp3) is 0.385. The first-order valence-electron chi connectivity index (χ1n) is 5.49. The number of benzene rings is 1. The zero-order valence-electron chi connectivity index (χ0n) is 11.0. The van der Waals surface area contributed by atoms with Gasteiger partial charge in [-0.1, -0.05) is 0 Å². The van der Waals surface area contributed by atoms with Gasteiger partial charge in [-0.25, -0.2) is 0 Å². The molecule has 2 N–H and O–H groups in total. The first kappa shape index (κ1) is 15.2. The summed E-state index contributed by atoms with van der Waals surface area (Å²) in [5, 5.41) is 8.61. The van der Waals surface area contributed by atoms with Gasteiger partial charge in [-0.05, 0) is 38.8 Å². The number of Topliss-reactive ketones (excluding diaryl/α,β-unsaturated/α-hetero) is 1. The predicted molar refractivity (Wildman–Crippen MR) is 74.8 cm³/mol. The molecule has 0 aliphatic carbocycles. The second-order valence-corrected chi connectivity index (χ2v) is 3.55. The van der Waals surface area contributed by atoms with Crippen molar-refractivity contribution in [3.05, 3.63) is 23.8 Å². The monoisotopic (exact) mass is 235 g/mol. The standard InChI is InChI=1S/C12H18N2O.CH3N/c1-5-14(4)12-7-6-10(9(2)15)8-11(12)13-3;1-2/h6-8,13H,5H2,1-4H3;2H,1H2. The number of hydrogen-bond acceptors (Lipinski definition) is 4. The highest BCUT2D eigenvalue weighted by Gasteiger charge is 2.07. The van der Waals surface area contributed by atoms with Gasteiger partial charge in [0.15, 0.2) is 5.78 Å². The number of nitrogens with zero attached hydrogens (tertiary/aromatic N) is 1. The second-order valence-electron chi connectivity index (χ2n) is 3.55. The van der Waals surface area contributed by atoms with Crippen LogP contribution < -0.4 is 10.2 Å². The van der Waals surface area contributed by atoms with E-state index in [9.17, 15) is 4.79 Å². The van der Waals surface area contributed by atoms with E-state index in [-0.39, 0.29) is 5.78 Å². The van der Waals surface area contributed by atoms with Gasteiger partial charge in [0.25, 0.3) is 0 Å². The third kappa shape index (κ3) is 3.90. The van der Waals surface area contributed by atoms with E-state index in [0.29, 0.717) is 0 Å². The summed E-state index contributed by atoms with van der Waals surface area (Å²) in [6, 6.07) is 5.74. The fourth-order valence-electron chi connectivity index (χ4n) is 1.46. The van der Waals surface area contributed by atoms with Gasteiger partial charge >= 0.3 is 0 Å². The maximum absolute atomic E-state index is 11.2. The lowest BCUT2D eigenvalue weighted by Crippen LogP contribution is -2.17. The van der Waals surface area contributed by atoms with Crippen LogP contribution in [0.15, 0.2) is 18.2 Å². The number of carbonyl (C=O) groups excluding carboxylic acids is 1. The molecule has 4 heteroatoms. The van der Waals surface area contributed by atoms with E-state index >= 15 is 0 Å². The summed E-state index contributed by atoms with van der Waals surface area (Å²) < 4.78 is 0. The molecule has 0 unspecified atom stereocenters. The minimum atomic E-state index is 0.0946. The molecule has 4 nitrogen and oxygen atoms in total. The van der Waals surface area contributed by atoms with Crippen molar-refractivity contribution in [1.82, 2.24) is 0 Å². The molecular weight excluding hydrogens is 214 g/mol. The summed E-state index contributed by atoms with van der Waals surface area (Å²) in [4.78, 5) is 13.4. The topological polar surface area (TPSA) is 56.2 Å². The van der Waals surface area contributed by atoms with Crippen LogP contribution in [0.3, 0.4) is 0 Å². The molecule has 0 aliphatic heterocycles. The van der Waals surface area contributed by atoms with Gasteiger partial charge in [0.2, 0.25) is 0 Å². The van der Waals surface area contributed by atoms with E-state index in [4.69, 9.17) is 5.41 Å². The highest BCUT2D eigenvalue weighted by atomic mass is 16.1. The molecule has 0 fully saturated rings. The third-order valence-corrected chi connectivity index (χ3v) is 2.56. The lowest BCUT2D eigenvalue weighted by atomic mass is 10.1. The Hall–Kier alpha value is -1.84. The first-order chi connectivity index (χ1) is 8.10. The van der Waals surface area contributed by atoms with Crippen LogP contribution in [-0.4, -0.2) is 33.1 Å². The number of nitrogens with one attached hydrogen (secondary N) is 2. The Bertz CT molecular complexity index is 377. The van der Waals surface area contributed by atoms with Crippen molar-refractivity contribution in [2.24, 2.45) is 0 Å². The quantitative estimate of drug-likeness (QED) is 0.623. The van der Waals surface area contributed by atoms with Gasteiger partial charge < -0.3 is 15.6 Å². The van der Waals surface area contributed by atoms with Crippen LogP contribution in [-0.2, 0) is 0 Å². The minimum absolute atomic E-state index is 0.0946. The highest BCUT2D eigenvalue weighted by molar-refractivity contribution is 5.96. The van der Waals surface area contributed by atoms with Crippen molar-refractivity contribution >= 4 is 23.9 Å². The summed E-state index contributed by atoms with van der Waals surface area (Å²) in [6.45, 7) is 7.12. The molecule has 0 atom stereocenters. The van der Waals surface area contributed by atoms with Crippen LogP contribution >= 0.6 is 0 Å². The Morgan fingerprint density at radius 1 is 1.47 bits per heavy atom. The van der Waals surface area contributed by atoms with Gasteiger partial charge in [0.05, 0.1) is 11.4 Å². The van der Waals surface area contributed by atoms with Gasteiger partial charge in [0.1, 0.15) is 0 Å². The van der Waals surface area contributed by atoms with Crippen LogP contribution in [0.1, 0.15) is 24.2 Å². The molecule has 0 heterocycles. The van der Waals surface area contributed by atoms with E-state index in [0.717, 1.165) is 23.5 Å². The Labute approximate surface area is 103 Å². The largest absolute Gasteiger partial charge is 0.386 e. The van der Waals surface area contributed by atoms with Gasteiger partial charge in [-0.3, -0.25) is 4.79 Å². The van der Waals surface area contributed by atoms with Crippen LogP contribution in [0.25, 0.3) is 0 Å². The van der Waals surface area contributed by atoms with Gasteiger partial charge in [0, 0.05) is 26.2 Å². The molecule has 1 aromatic carbocycles. The van der Waals surface area contributed by atoms with Crippen molar-refractivity contribution in [3.8, 4) is 0 Å². The molecule has 0 bridgehead atoms. The second kappa shape index (κ2) is 7.44. The summed E-state index contributed by atoms with van der Waals surface area (Å²) >= 11 is 0. The first-order valence-corrected chi connectivity index (χ1v) is 5.49. The van der Waals surface area contributed by atoms with Crippen LogP contribution in [0.4, 0.5) is 11.4 Å². The van der Waals surface area contributed by atoms with Crippen molar-refractivity contribution in [1.29, 1.82) is 5.41 Å². The van der Waals surface area contributed by atoms with E-state index in [1.165, 1.54) is 0 Å². The summed E-state index contributed by atoms with van der Waals surface area (Å²) in [7, 11) is 3.90. The Balaban J connectivity index is 0.00000121. The number of hydrogen-bond donors (Lipinski definition) is 2. The molecule has 0 amide bonds. The molecule has 17 heavy (non-hydrogen) atoms. The van der Waals surface area contributed by atoms with Gasteiger partial charge in [-0.15, -0.1) is 0 Å². The molecule has 0 aromatic heterocycles. The normalized spacial score (nSPS) is 8.94. The zero-order chi connectivity index (χ0) is 13.4. The predicted octanol–water partition coefficient (Wildman–Crippen LogP) is 2.65. The third-order valence-electron chi connectivity index (χ3n) is 2.56. The highest BCUT2D eigenvalue weighted by Crippen LogP contribution is 2.25. The van der Waals surface area contributed by atoms with E-state index in [1.807, 2.05) is 32.3 Å². The van der Waals surface area contributed by atoms with Crippen LogP contribution in [0, 0.1) is 5.41 Å². The van der Waals surface area contributed by atoms with E-state index in [2.05, 4.69) is 23.9 Å². The summed E-state index contributed by atoms with van der Waals surface area (Å²) in [5.74, 6) is 0.0946. The SMILES string of the molecule is C=N.CCN(C)c1ccc(C(C)=O)cc1NC. The summed E-state index contributed by atoms with van der Waals surface area (Å²) in [6.07, 6.45) is 0. The minimum Gasteiger partial charge on any atom is -0.386 e. The molecule has 0 spiro atoms. The average molecular weight is 235 g/mol. The summed E-state index contributed by atoms with van der Waals surface area (Å²) in [5.41, 5.74) is 2.85. The molecule has 0 aliphatic rings. The molecule has 0 saturated heterocycles. The van der Waals surface area contributed by atoms with E-state index < -0.39 is 0 Å². The molecular formula is C13H21N3O. The Morgan fingerprint density at radius 2 is 2.06 bits per heavy atom. The van der Waals surface area contributed by atoms with Crippen molar-refractivity contribution in [2.45, 2.75) is 13.8 Å². The molecule has 1 aromatic rings. The lowest BCUT2D eigenvalue weighted by molar-refractivity contribution is 0.101. The van der Waals surface area contributed by atoms with Crippen molar-refractivity contribution in [3.63, 3.8) is 0 Å². The molecule has 0 saturated carbocycles. The average Bonchev–Trinajstić information content (AvgIpc) is 2.39. The Morgan fingerprint density at radius 3 is 2.47 bits per heavy atom. The van der Waals surface area contributed by atoms with Crippen molar-refractivity contribution in [2.75, 3.05) is 30.9 Å². The smallest absolute Gasteiger partial charge is 0.159 e. The molecule has 94 valence electrons. The van der Waals surface area contributed by atoms with Crippen LogP contribution in [0.2, 0.25) is 0 Å². The van der Waals surface area contributed by atoms with Crippen LogP contribution in [0.5, 0.6) is 0 Å². The molecule has 1 rings (SSSR count). The number of carbonyl (C=O) groups is 1. The maximum atomic E-state index is 11.2. The van der Waals surface area contributed by atoms with Crippen molar-refractivity contribution < 1.29 is 4.79 Å². The number of anilines is 2.